The third-order valence-corrected chi connectivity index (χ3v) is 1.47. The molecule has 0 aliphatic heterocycles. The summed E-state index contributed by atoms with van der Waals surface area (Å²) in [5.41, 5.74) is 1.09. The smallest absolute Gasteiger partial charge is 0.188 e. The van der Waals surface area contributed by atoms with Crippen molar-refractivity contribution in [3.8, 4) is 5.75 Å². The topological polar surface area (TPSA) is 48.4 Å². The predicted octanol–water partition coefficient (Wildman–Crippen LogP) is 1.19. The Morgan fingerprint density at radius 2 is 2.31 bits per heavy atom. The zero-order valence-electron chi connectivity index (χ0n) is 7.61. The molecule has 0 fully saturated rings. The number of hydrogen-bond donors (Lipinski definition) is 0. The van der Waals surface area contributed by atoms with E-state index in [-0.39, 0.29) is 6.79 Å². The molecule has 1 heterocycles. The van der Waals surface area contributed by atoms with Crippen molar-refractivity contribution in [1.82, 2.24) is 4.98 Å². The highest BCUT2D eigenvalue weighted by Gasteiger charge is 2.03. The van der Waals surface area contributed by atoms with Crippen LogP contribution in [0.3, 0.4) is 0 Å². The van der Waals surface area contributed by atoms with E-state index in [1.165, 1.54) is 7.11 Å². The van der Waals surface area contributed by atoms with Gasteiger partial charge >= 0.3 is 0 Å². The maximum Gasteiger partial charge on any atom is 0.188 e. The zero-order valence-corrected chi connectivity index (χ0v) is 7.61. The van der Waals surface area contributed by atoms with Crippen molar-refractivity contribution in [1.29, 1.82) is 0 Å². The van der Waals surface area contributed by atoms with Crippen LogP contribution < -0.4 is 4.74 Å². The quantitative estimate of drug-likeness (QED) is 0.517. The third-order valence-electron chi connectivity index (χ3n) is 1.47. The summed E-state index contributed by atoms with van der Waals surface area (Å²) in [5.74, 6) is 0.447. The zero-order chi connectivity index (χ0) is 9.68. The molecule has 0 aliphatic rings. The Hall–Kier alpha value is -1.42. The molecule has 0 saturated heterocycles. The van der Waals surface area contributed by atoms with Gasteiger partial charge < -0.3 is 9.47 Å². The molecule has 4 nitrogen and oxygen atoms in total. The van der Waals surface area contributed by atoms with E-state index in [2.05, 4.69) is 4.98 Å². The van der Waals surface area contributed by atoms with Crippen LogP contribution in [0.25, 0.3) is 0 Å². The van der Waals surface area contributed by atoms with Crippen LogP contribution in [-0.4, -0.2) is 25.2 Å². The highest BCUT2D eigenvalue weighted by molar-refractivity contribution is 5.76. The summed E-state index contributed by atoms with van der Waals surface area (Å²) in [4.78, 5) is 14.6. The van der Waals surface area contributed by atoms with Crippen LogP contribution in [0.15, 0.2) is 12.1 Å². The molecule has 1 aromatic rings. The lowest BCUT2D eigenvalue weighted by Gasteiger charge is -2.06. The summed E-state index contributed by atoms with van der Waals surface area (Å²) in [6, 6.07) is 3.48. The van der Waals surface area contributed by atoms with Crippen LogP contribution in [-0.2, 0) is 4.74 Å². The highest BCUT2D eigenvalue weighted by atomic mass is 16.7. The number of methoxy groups -OCH3 is 1. The van der Waals surface area contributed by atoms with Gasteiger partial charge in [-0.15, -0.1) is 0 Å². The van der Waals surface area contributed by atoms with Crippen molar-refractivity contribution in [2.45, 2.75) is 6.92 Å². The van der Waals surface area contributed by atoms with Crippen LogP contribution in [0.5, 0.6) is 5.75 Å². The van der Waals surface area contributed by atoms with E-state index in [4.69, 9.17) is 9.47 Å². The van der Waals surface area contributed by atoms with Gasteiger partial charge in [-0.1, -0.05) is 0 Å². The Labute approximate surface area is 76.5 Å². The van der Waals surface area contributed by atoms with E-state index >= 15 is 0 Å². The molecule has 1 rings (SSSR count). The fourth-order valence-electron chi connectivity index (χ4n) is 0.893. The summed E-state index contributed by atoms with van der Waals surface area (Å²) in [7, 11) is 1.52. The lowest BCUT2D eigenvalue weighted by molar-refractivity contribution is 0.0502. The molecule has 0 aliphatic carbocycles. The summed E-state index contributed by atoms with van der Waals surface area (Å²) >= 11 is 0. The van der Waals surface area contributed by atoms with Gasteiger partial charge in [0, 0.05) is 12.8 Å². The van der Waals surface area contributed by atoms with Gasteiger partial charge in [-0.2, -0.15) is 0 Å². The van der Waals surface area contributed by atoms with E-state index in [0.717, 1.165) is 5.69 Å². The first-order valence-electron chi connectivity index (χ1n) is 3.82. The molecule has 0 radical (unpaired) electrons. The van der Waals surface area contributed by atoms with E-state index in [1.807, 2.05) is 6.92 Å². The van der Waals surface area contributed by atoms with Crippen molar-refractivity contribution in [3.05, 3.63) is 23.5 Å². The minimum Gasteiger partial charge on any atom is -0.465 e. The Bertz CT molecular complexity index is 299. The molecule has 13 heavy (non-hydrogen) atoms. The molecular weight excluding hydrogens is 170 g/mol. The van der Waals surface area contributed by atoms with Crippen LogP contribution in [0, 0.1) is 6.92 Å². The normalized spacial score (nSPS) is 9.69. The van der Waals surface area contributed by atoms with E-state index in [1.54, 1.807) is 12.1 Å². The fraction of sp³-hybridized carbons (Fsp3) is 0.333. The van der Waals surface area contributed by atoms with Gasteiger partial charge in [-0.3, -0.25) is 4.79 Å². The van der Waals surface area contributed by atoms with Gasteiger partial charge in [0.15, 0.2) is 18.8 Å². The predicted molar refractivity (Wildman–Crippen MR) is 46.9 cm³/mol. The summed E-state index contributed by atoms with van der Waals surface area (Å²) in [5, 5.41) is 0. The molecule has 0 N–H and O–H groups in total. The monoisotopic (exact) mass is 181 g/mol. The van der Waals surface area contributed by atoms with E-state index < -0.39 is 0 Å². The molecule has 0 aromatic carbocycles. The number of carbonyl (C=O) groups excluding carboxylic acids is 1. The number of carbonyl (C=O) groups is 1. The first-order chi connectivity index (χ1) is 6.27. The van der Waals surface area contributed by atoms with Crippen LogP contribution >= 0.6 is 0 Å². The largest absolute Gasteiger partial charge is 0.465 e. The Morgan fingerprint density at radius 1 is 1.54 bits per heavy atom. The van der Waals surface area contributed by atoms with Crippen molar-refractivity contribution in [2.75, 3.05) is 13.9 Å². The van der Waals surface area contributed by atoms with E-state index in [9.17, 15) is 4.79 Å². The number of hydrogen-bond acceptors (Lipinski definition) is 4. The number of ether oxygens (including phenoxy) is 2. The van der Waals surface area contributed by atoms with Crippen molar-refractivity contribution >= 4 is 6.29 Å². The SMILES string of the molecule is COCOc1ccc(C)nc1C=O. The Kier molecular flexibility index (Phi) is 3.40. The second kappa shape index (κ2) is 4.57. The van der Waals surface area contributed by atoms with Crippen LogP contribution in [0.2, 0.25) is 0 Å². The average molecular weight is 181 g/mol. The summed E-state index contributed by atoms with van der Waals surface area (Å²) < 4.78 is 9.83. The first kappa shape index (κ1) is 9.67. The number of nitrogens with zero attached hydrogens (tertiary/aromatic N) is 1. The third kappa shape index (κ3) is 2.52. The second-order valence-corrected chi connectivity index (χ2v) is 2.50. The van der Waals surface area contributed by atoms with Crippen LogP contribution in [0.4, 0.5) is 0 Å². The van der Waals surface area contributed by atoms with Gasteiger partial charge in [0.1, 0.15) is 5.69 Å². The van der Waals surface area contributed by atoms with Gasteiger partial charge in [0.25, 0.3) is 0 Å². The molecule has 70 valence electrons. The number of pyridine rings is 1. The minimum atomic E-state index is 0.117. The minimum absolute atomic E-state index is 0.117. The number of aromatic nitrogens is 1. The molecule has 0 bridgehead atoms. The van der Waals surface area contributed by atoms with Crippen LogP contribution in [0.1, 0.15) is 16.2 Å². The Morgan fingerprint density at radius 3 is 2.92 bits per heavy atom. The Balaban J connectivity index is 2.86. The summed E-state index contributed by atoms with van der Waals surface area (Å²) in [6.07, 6.45) is 0.665. The fourth-order valence-corrected chi connectivity index (χ4v) is 0.893. The summed E-state index contributed by atoms with van der Waals surface area (Å²) in [6.45, 7) is 1.93. The number of aldehydes is 1. The molecule has 1 aromatic heterocycles. The van der Waals surface area contributed by atoms with Crippen molar-refractivity contribution < 1.29 is 14.3 Å². The maximum absolute atomic E-state index is 10.6. The highest BCUT2D eigenvalue weighted by Crippen LogP contribution is 2.14. The lowest BCUT2D eigenvalue weighted by atomic mass is 10.3. The molecule has 0 amide bonds. The lowest BCUT2D eigenvalue weighted by Crippen LogP contribution is -2.03. The maximum atomic E-state index is 10.6. The van der Waals surface area contributed by atoms with Gasteiger partial charge in [-0.25, -0.2) is 4.98 Å². The molecule has 0 unspecified atom stereocenters. The molecular formula is C9H11NO3. The van der Waals surface area contributed by atoms with Crippen molar-refractivity contribution in [3.63, 3.8) is 0 Å². The van der Waals surface area contributed by atoms with Gasteiger partial charge in [-0.05, 0) is 19.1 Å². The van der Waals surface area contributed by atoms with Gasteiger partial charge in [0.2, 0.25) is 0 Å². The van der Waals surface area contributed by atoms with E-state index in [0.29, 0.717) is 17.7 Å². The number of aryl methyl sites for hydroxylation is 1. The number of rotatable bonds is 4. The standard InChI is InChI=1S/C9H11NO3/c1-7-3-4-9(13-6-12-2)8(5-11)10-7/h3-5H,6H2,1-2H3. The average Bonchev–Trinajstić information content (AvgIpc) is 2.16. The second-order valence-electron chi connectivity index (χ2n) is 2.50. The molecule has 0 atom stereocenters. The molecule has 0 spiro atoms. The molecule has 0 saturated carbocycles. The van der Waals surface area contributed by atoms with Gasteiger partial charge in [0.05, 0.1) is 0 Å². The first-order valence-corrected chi connectivity index (χ1v) is 3.82. The molecule has 4 heteroatoms. The van der Waals surface area contributed by atoms with Crippen molar-refractivity contribution in [2.24, 2.45) is 0 Å².